The van der Waals surface area contributed by atoms with Gasteiger partial charge in [0.1, 0.15) is 0 Å². The van der Waals surface area contributed by atoms with Crippen LogP contribution >= 0.6 is 0 Å². The quantitative estimate of drug-likeness (QED) is 0.298. The van der Waals surface area contributed by atoms with Crippen molar-refractivity contribution in [2.45, 2.75) is 73.8 Å². The second-order valence-electron chi connectivity index (χ2n) is 4.76. The van der Waals surface area contributed by atoms with Gasteiger partial charge in [-0.25, -0.2) is 0 Å². The molecule has 0 bridgehead atoms. The summed E-state index contributed by atoms with van der Waals surface area (Å²) in [5, 5.41) is 0. The van der Waals surface area contributed by atoms with E-state index < -0.39 is 16.0 Å². The average Bonchev–Trinajstić information content (AvgIpc) is 2.18. The number of hydrogen-bond donors (Lipinski definition) is 0. The third-order valence-electron chi connectivity index (χ3n) is 2.81. The van der Waals surface area contributed by atoms with Gasteiger partial charge in [0.05, 0.1) is 0 Å². The number of unbranched alkanes of at least 4 members (excludes halogenated alkanes) is 7. The first kappa shape index (κ1) is 17.7. The topological polar surface area (TPSA) is 0 Å². The molecule has 0 nitrogen and oxygen atoms in total. The molecular formula is C12H21F4Na. The van der Waals surface area contributed by atoms with Crippen molar-refractivity contribution >= 4 is 27.9 Å². The smallest absolute Gasteiger partial charge is 0.171 e. The van der Waals surface area contributed by atoms with Crippen LogP contribution in [0.1, 0.15) is 64.2 Å². The summed E-state index contributed by atoms with van der Waals surface area (Å²) in [5.41, 5.74) is 0. The van der Waals surface area contributed by atoms with Crippen LogP contribution in [0.3, 0.4) is 0 Å². The van der Waals surface area contributed by atoms with Gasteiger partial charge in [-0.2, -0.15) is 13.2 Å². The third kappa shape index (κ3) is 16.7. The first-order chi connectivity index (χ1) is 7.92. The van der Waals surface area contributed by atoms with E-state index in [9.17, 15) is 17.6 Å². The van der Waals surface area contributed by atoms with Gasteiger partial charge < -0.3 is 0 Å². The molecule has 0 aliphatic heterocycles. The maximum atomic E-state index is 12.5. The zero-order valence-electron chi connectivity index (χ0n) is 10.7. The molecule has 0 aliphatic carbocycles. The van der Waals surface area contributed by atoms with E-state index in [1.807, 2.05) is 0 Å². The van der Waals surface area contributed by atoms with Crippen LogP contribution in [0.25, 0.3) is 0 Å². The molecule has 0 saturated heterocycles. The SMILES string of the molecule is F[CH]([Na])CCCCCCCCCCC(F)(F)F. The Morgan fingerprint density at radius 2 is 1.18 bits per heavy atom. The van der Waals surface area contributed by atoms with Crippen LogP contribution in [0.4, 0.5) is 17.6 Å². The minimum absolute atomic E-state index is 0.257. The minimum atomic E-state index is -3.99. The summed E-state index contributed by atoms with van der Waals surface area (Å²) in [7, 11) is 0. The normalized spacial score (nSPS) is 14.0. The molecule has 0 aliphatic rings. The van der Waals surface area contributed by atoms with Crippen LogP contribution in [-0.4, -0.2) is 37.5 Å². The fourth-order valence-corrected chi connectivity index (χ4v) is 2.22. The first-order valence-corrected chi connectivity index (χ1v) is 7.78. The van der Waals surface area contributed by atoms with E-state index in [-0.39, 0.29) is 6.42 Å². The molecule has 0 aromatic rings. The summed E-state index contributed by atoms with van der Waals surface area (Å²) >= 11 is 0.627. The van der Waals surface area contributed by atoms with Crippen molar-refractivity contribution in [3.05, 3.63) is 0 Å². The van der Waals surface area contributed by atoms with Crippen molar-refractivity contribution in [3.8, 4) is 0 Å². The molecule has 1 unspecified atom stereocenters. The Labute approximate surface area is 119 Å². The Hall–Kier alpha value is 0.720. The molecule has 0 aromatic heterocycles. The van der Waals surface area contributed by atoms with Crippen LogP contribution < -0.4 is 0 Å². The zero-order chi connectivity index (χ0) is 13.1. The molecule has 17 heavy (non-hydrogen) atoms. The summed E-state index contributed by atoms with van der Waals surface area (Å²) in [6.07, 6.45) is 3.07. The zero-order valence-corrected chi connectivity index (χ0v) is 12.7. The molecular weight excluding hydrogens is 243 g/mol. The van der Waals surface area contributed by atoms with E-state index in [2.05, 4.69) is 0 Å². The molecule has 0 radical (unpaired) electrons. The van der Waals surface area contributed by atoms with Crippen LogP contribution in [0.5, 0.6) is 0 Å². The molecule has 5 heteroatoms. The van der Waals surface area contributed by atoms with Crippen molar-refractivity contribution in [2.24, 2.45) is 0 Å². The summed E-state index contributed by atoms with van der Waals surface area (Å²) in [6, 6.07) is 0. The van der Waals surface area contributed by atoms with Crippen molar-refractivity contribution < 1.29 is 17.6 Å². The second-order valence-corrected chi connectivity index (χ2v) is 6.02. The molecule has 0 amide bonds. The molecule has 0 saturated carbocycles. The third-order valence-corrected chi connectivity index (χ3v) is 3.39. The Morgan fingerprint density at radius 3 is 1.59 bits per heavy atom. The fourth-order valence-electron chi connectivity index (χ4n) is 1.81. The van der Waals surface area contributed by atoms with Gasteiger partial charge in [0.2, 0.25) is 0 Å². The van der Waals surface area contributed by atoms with Gasteiger partial charge in [-0.3, -0.25) is 0 Å². The van der Waals surface area contributed by atoms with Crippen LogP contribution in [0.15, 0.2) is 0 Å². The van der Waals surface area contributed by atoms with E-state index in [0.717, 1.165) is 38.5 Å². The Balaban J connectivity index is 3.04. The standard InChI is InChI=1S/C12H21F4.Na/c13-11-9-7-5-3-1-2-4-6-8-10-12(14,15)16;/h11H,1-10H2;. The molecule has 0 spiro atoms. The van der Waals surface area contributed by atoms with E-state index in [4.69, 9.17) is 0 Å². The second kappa shape index (κ2) is 10.6. The summed E-state index contributed by atoms with van der Waals surface area (Å²) in [6.45, 7) is 0. The number of hydrogen-bond acceptors (Lipinski definition) is 0. The van der Waals surface area contributed by atoms with Crippen molar-refractivity contribution in [3.63, 3.8) is 0 Å². The summed E-state index contributed by atoms with van der Waals surface area (Å²) in [4.78, 5) is 0. The van der Waals surface area contributed by atoms with Crippen LogP contribution in [0, 0.1) is 0 Å². The monoisotopic (exact) mass is 264 g/mol. The van der Waals surface area contributed by atoms with Gasteiger partial charge >= 0.3 is 106 Å². The predicted molar refractivity (Wildman–Crippen MR) is 62.9 cm³/mol. The first-order valence-electron chi connectivity index (χ1n) is 6.62. The van der Waals surface area contributed by atoms with Gasteiger partial charge in [-0.1, -0.05) is 0 Å². The number of rotatable bonds is 10. The molecule has 1 atom stereocenters. The van der Waals surface area contributed by atoms with Gasteiger partial charge in [0.25, 0.3) is 0 Å². The molecule has 0 fully saturated rings. The predicted octanol–water partition coefficient (Wildman–Crippen LogP) is 4.91. The van der Waals surface area contributed by atoms with Crippen LogP contribution in [-0.2, 0) is 0 Å². The fraction of sp³-hybridized carbons (Fsp3) is 1.00. The van der Waals surface area contributed by atoms with Crippen molar-refractivity contribution in [1.82, 2.24) is 0 Å². The molecule has 0 N–H and O–H groups in total. The summed E-state index contributed by atoms with van der Waals surface area (Å²) in [5.74, 6) is 0. The van der Waals surface area contributed by atoms with Gasteiger partial charge in [-0.15, -0.1) is 0 Å². The number of halogens is 4. The van der Waals surface area contributed by atoms with Gasteiger partial charge in [0, 0.05) is 0 Å². The molecule has 0 aromatic carbocycles. The van der Waals surface area contributed by atoms with Crippen LogP contribution in [0.2, 0.25) is 0 Å². The Morgan fingerprint density at radius 1 is 0.765 bits per heavy atom. The summed E-state index contributed by atoms with van der Waals surface area (Å²) < 4.78 is 47.3. The number of alkyl halides is 4. The van der Waals surface area contributed by atoms with Crippen molar-refractivity contribution in [2.75, 3.05) is 0 Å². The van der Waals surface area contributed by atoms with E-state index in [1.165, 1.54) is 0 Å². The van der Waals surface area contributed by atoms with E-state index >= 15 is 0 Å². The Bertz CT molecular complexity index is 168. The molecule has 0 heterocycles. The maximum absolute atomic E-state index is 12.5. The van der Waals surface area contributed by atoms with Crippen molar-refractivity contribution in [1.29, 1.82) is 0 Å². The average molecular weight is 264 g/mol. The molecule has 98 valence electrons. The minimum Gasteiger partial charge on any atom is -0.171 e. The van der Waals surface area contributed by atoms with E-state index in [1.54, 1.807) is 0 Å². The molecule has 0 rings (SSSR count). The Kier molecular flexibility index (Phi) is 11.1. The van der Waals surface area contributed by atoms with E-state index in [0.29, 0.717) is 40.8 Å². The van der Waals surface area contributed by atoms with Gasteiger partial charge in [0.15, 0.2) is 0 Å². The van der Waals surface area contributed by atoms with Gasteiger partial charge in [-0.05, 0) is 0 Å².